The summed E-state index contributed by atoms with van der Waals surface area (Å²) in [6, 6.07) is 12.8. The van der Waals surface area contributed by atoms with E-state index in [1.54, 1.807) is 0 Å². The van der Waals surface area contributed by atoms with Crippen LogP contribution in [0.4, 0.5) is 0 Å². The lowest BCUT2D eigenvalue weighted by atomic mass is 9.97. The molecule has 4 aromatic rings. The minimum Gasteiger partial charge on any atom is -0.350 e. The average Bonchev–Trinajstić information content (AvgIpc) is 3.06. The van der Waals surface area contributed by atoms with Gasteiger partial charge in [0.1, 0.15) is 0 Å². The van der Waals surface area contributed by atoms with E-state index in [4.69, 9.17) is 0 Å². The van der Waals surface area contributed by atoms with E-state index >= 15 is 0 Å². The number of rotatable bonds is 1. The number of H-pyrrole nitrogens is 1. The van der Waals surface area contributed by atoms with Crippen LogP contribution in [0, 0.1) is 6.92 Å². The van der Waals surface area contributed by atoms with Gasteiger partial charge in [0.15, 0.2) is 0 Å². The van der Waals surface area contributed by atoms with Crippen molar-refractivity contribution in [2.75, 3.05) is 0 Å². The summed E-state index contributed by atoms with van der Waals surface area (Å²) >= 11 is 0. The normalized spacial score (nSPS) is 11.5. The Kier molecular flexibility index (Phi) is 2.24. The van der Waals surface area contributed by atoms with Crippen LogP contribution < -0.4 is 0 Å². The van der Waals surface area contributed by atoms with Gasteiger partial charge in [-0.05, 0) is 30.2 Å². The Morgan fingerprint density at radius 1 is 1.00 bits per heavy atom. The number of nitrogens with zero attached hydrogens (tertiary/aromatic N) is 2. The zero-order chi connectivity index (χ0) is 13.7. The molecule has 98 valence electrons. The summed E-state index contributed by atoms with van der Waals surface area (Å²) in [5.74, 6) is 0. The second kappa shape index (κ2) is 3.97. The molecule has 2 aromatic carbocycles. The third kappa shape index (κ3) is 1.43. The Labute approximate surface area is 116 Å². The maximum absolute atomic E-state index is 4.13. The van der Waals surface area contributed by atoms with E-state index < -0.39 is 0 Å². The smallest absolute Gasteiger partial charge is 0.0653 e. The minimum absolute atomic E-state index is 1.09. The van der Waals surface area contributed by atoms with Crippen molar-refractivity contribution in [3.63, 3.8) is 0 Å². The van der Waals surface area contributed by atoms with E-state index in [0.717, 1.165) is 5.52 Å². The quantitative estimate of drug-likeness (QED) is 0.551. The van der Waals surface area contributed by atoms with Crippen LogP contribution in [0.15, 0.2) is 48.8 Å². The average molecular weight is 261 g/mol. The van der Waals surface area contributed by atoms with E-state index in [-0.39, 0.29) is 0 Å². The maximum atomic E-state index is 4.13. The largest absolute Gasteiger partial charge is 0.350 e. The first kappa shape index (κ1) is 11.3. The molecule has 0 aliphatic heterocycles. The number of hydrogen-bond donors (Lipinski definition) is 1. The summed E-state index contributed by atoms with van der Waals surface area (Å²) < 4.78 is 2.18. The fourth-order valence-corrected chi connectivity index (χ4v) is 3.01. The number of para-hydroxylation sites is 1. The van der Waals surface area contributed by atoms with Gasteiger partial charge in [-0.3, -0.25) is 5.10 Å². The van der Waals surface area contributed by atoms with Gasteiger partial charge in [0.25, 0.3) is 0 Å². The molecular formula is C17H15N3. The monoisotopic (exact) mass is 261 g/mol. The Morgan fingerprint density at radius 3 is 2.75 bits per heavy atom. The molecule has 0 aliphatic rings. The highest BCUT2D eigenvalue weighted by molar-refractivity contribution is 5.99. The van der Waals surface area contributed by atoms with Gasteiger partial charge >= 0.3 is 0 Å². The van der Waals surface area contributed by atoms with Crippen LogP contribution >= 0.6 is 0 Å². The standard InChI is InChI=1S/C17H15N3/c1-11-12(7-8-16-14(11)9-18-19-16)15-10-20(2)17-6-4-3-5-13(15)17/h3-10H,1-2H3,(H,18,19). The molecule has 3 nitrogen and oxygen atoms in total. The third-order valence-electron chi connectivity index (χ3n) is 4.08. The number of nitrogens with one attached hydrogen (secondary N) is 1. The van der Waals surface area contributed by atoms with E-state index in [0.29, 0.717) is 0 Å². The molecule has 3 heteroatoms. The number of fused-ring (bicyclic) bond motifs is 2. The fourth-order valence-electron chi connectivity index (χ4n) is 3.01. The van der Waals surface area contributed by atoms with Crippen LogP contribution in [0.3, 0.4) is 0 Å². The highest BCUT2D eigenvalue weighted by atomic mass is 15.1. The van der Waals surface area contributed by atoms with Gasteiger partial charge in [-0.25, -0.2) is 0 Å². The van der Waals surface area contributed by atoms with Crippen molar-refractivity contribution in [1.82, 2.24) is 14.8 Å². The molecular weight excluding hydrogens is 246 g/mol. The maximum Gasteiger partial charge on any atom is 0.0653 e. The van der Waals surface area contributed by atoms with Crippen LogP contribution in [0.1, 0.15) is 5.56 Å². The Morgan fingerprint density at radius 2 is 1.85 bits per heavy atom. The van der Waals surface area contributed by atoms with Crippen molar-refractivity contribution in [2.45, 2.75) is 6.92 Å². The zero-order valence-corrected chi connectivity index (χ0v) is 11.5. The molecule has 20 heavy (non-hydrogen) atoms. The van der Waals surface area contributed by atoms with E-state index in [1.807, 2.05) is 6.20 Å². The van der Waals surface area contributed by atoms with E-state index in [1.165, 1.54) is 33.0 Å². The van der Waals surface area contributed by atoms with Gasteiger partial charge in [0.2, 0.25) is 0 Å². The highest BCUT2D eigenvalue weighted by Crippen LogP contribution is 2.34. The molecule has 0 aliphatic carbocycles. The number of aromatic nitrogens is 3. The van der Waals surface area contributed by atoms with Crippen molar-refractivity contribution in [3.8, 4) is 11.1 Å². The lowest BCUT2D eigenvalue weighted by Gasteiger charge is -2.05. The van der Waals surface area contributed by atoms with Crippen molar-refractivity contribution < 1.29 is 0 Å². The summed E-state index contributed by atoms with van der Waals surface area (Å²) in [6.45, 7) is 2.16. The number of hydrogen-bond acceptors (Lipinski definition) is 1. The van der Waals surface area contributed by atoms with Gasteiger partial charge in [-0.15, -0.1) is 0 Å². The summed E-state index contributed by atoms with van der Waals surface area (Å²) in [5.41, 5.74) is 6.17. The molecule has 0 bridgehead atoms. The van der Waals surface area contributed by atoms with Gasteiger partial charge in [-0.2, -0.15) is 5.10 Å². The van der Waals surface area contributed by atoms with Crippen molar-refractivity contribution in [1.29, 1.82) is 0 Å². The van der Waals surface area contributed by atoms with Gasteiger partial charge < -0.3 is 4.57 Å². The zero-order valence-electron chi connectivity index (χ0n) is 11.5. The second-order valence-electron chi connectivity index (χ2n) is 5.24. The first-order chi connectivity index (χ1) is 9.75. The van der Waals surface area contributed by atoms with Crippen LogP contribution in [0.25, 0.3) is 32.9 Å². The SMILES string of the molecule is Cc1c(-c2cn(C)c3ccccc23)ccc2[nH]ncc12. The molecule has 0 radical (unpaired) electrons. The molecule has 0 saturated carbocycles. The lowest BCUT2D eigenvalue weighted by Crippen LogP contribution is -1.84. The summed E-state index contributed by atoms with van der Waals surface area (Å²) in [5, 5.41) is 9.64. The van der Waals surface area contributed by atoms with Crippen LogP contribution in [-0.4, -0.2) is 14.8 Å². The Balaban J connectivity index is 2.08. The summed E-state index contributed by atoms with van der Waals surface area (Å²) in [7, 11) is 2.09. The third-order valence-corrected chi connectivity index (χ3v) is 4.08. The summed E-state index contributed by atoms with van der Waals surface area (Å²) in [6.07, 6.45) is 4.11. The molecule has 2 aromatic heterocycles. The van der Waals surface area contributed by atoms with Crippen molar-refractivity contribution in [2.24, 2.45) is 7.05 Å². The molecule has 0 fully saturated rings. The molecule has 0 amide bonds. The predicted octanol–water partition coefficient (Wildman–Crippen LogP) is 4.03. The van der Waals surface area contributed by atoms with Crippen LogP contribution in [0.2, 0.25) is 0 Å². The molecule has 4 rings (SSSR count). The van der Waals surface area contributed by atoms with E-state index in [9.17, 15) is 0 Å². The Bertz CT molecular complexity index is 928. The first-order valence-corrected chi connectivity index (χ1v) is 6.73. The lowest BCUT2D eigenvalue weighted by molar-refractivity contribution is 0.970. The molecule has 1 N–H and O–H groups in total. The topological polar surface area (TPSA) is 33.6 Å². The highest BCUT2D eigenvalue weighted by Gasteiger charge is 2.12. The Hall–Kier alpha value is -2.55. The summed E-state index contributed by atoms with van der Waals surface area (Å²) in [4.78, 5) is 0. The number of aromatic amines is 1. The second-order valence-corrected chi connectivity index (χ2v) is 5.24. The van der Waals surface area contributed by atoms with Crippen LogP contribution in [-0.2, 0) is 7.05 Å². The van der Waals surface area contributed by atoms with Gasteiger partial charge in [0, 0.05) is 35.1 Å². The van der Waals surface area contributed by atoms with Crippen molar-refractivity contribution in [3.05, 3.63) is 54.4 Å². The molecule has 0 atom stereocenters. The molecule has 0 spiro atoms. The number of aryl methyl sites for hydroxylation is 2. The molecule has 0 saturated heterocycles. The number of benzene rings is 2. The van der Waals surface area contributed by atoms with Gasteiger partial charge in [0.05, 0.1) is 11.7 Å². The van der Waals surface area contributed by atoms with Crippen molar-refractivity contribution >= 4 is 21.8 Å². The van der Waals surface area contributed by atoms with Gasteiger partial charge in [-0.1, -0.05) is 24.3 Å². The van der Waals surface area contributed by atoms with Crippen LogP contribution in [0.5, 0.6) is 0 Å². The fraction of sp³-hybridized carbons (Fsp3) is 0.118. The van der Waals surface area contributed by atoms with E-state index in [2.05, 4.69) is 71.3 Å². The minimum atomic E-state index is 1.09. The first-order valence-electron chi connectivity index (χ1n) is 6.73. The predicted molar refractivity (Wildman–Crippen MR) is 82.7 cm³/mol. The molecule has 0 unspecified atom stereocenters. The molecule has 2 heterocycles.